The van der Waals surface area contributed by atoms with E-state index in [1.165, 1.54) is 41.6 Å². The van der Waals surface area contributed by atoms with Gasteiger partial charge in [-0.2, -0.15) is 0 Å². The topological polar surface area (TPSA) is 51.2 Å². The highest BCUT2D eigenvalue weighted by Gasteiger charge is 2.45. The Bertz CT molecular complexity index is 540. The third-order valence-corrected chi connectivity index (χ3v) is 7.46. The molecule has 0 unspecified atom stereocenters. The van der Waals surface area contributed by atoms with E-state index < -0.39 is 17.8 Å². The quantitative estimate of drug-likeness (QED) is 0.438. The lowest BCUT2D eigenvalue weighted by Gasteiger charge is -2.18. The van der Waals surface area contributed by atoms with Crippen molar-refractivity contribution in [1.82, 2.24) is 0 Å². The average Bonchev–Trinajstić information content (AvgIpc) is 2.27. The highest BCUT2D eigenvalue weighted by molar-refractivity contribution is 14.1. The second-order valence-corrected chi connectivity index (χ2v) is 9.89. The number of hydrogen-bond donors (Lipinski definition) is 0. The Kier molecular flexibility index (Phi) is 4.85. The van der Waals surface area contributed by atoms with Gasteiger partial charge in [0.2, 0.25) is 5.78 Å². The van der Waals surface area contributed by atoms with Gasteiger partial charge in [0.05, 0.1) is 5.75 Å². The van der Waals surface area contributed by atoms with E-state index in [0.29, 0.717) is 5.02 Å². The molecule has 0 aromatic heterocycles. The van der Waals surface area contributed by atoms with Crippen molar-refractivity contribution in [3.05, 3.63) is 34.9 Å². The monoisotopic (exact) mass is 406 g/mol. The van der Waals surface area contributed by atoms with Crippen LogP contribution in [-0.2, 0) is 9.84 Å². The largest absolute Gasteiger partial charge is 0.290 e. The van der Waals surface area contributed by atoms with Crippen molar-refractivity contribution >= 4 is 61.4 Å². The van der Waals surface area contributed by atoms with Gasteiger partial charge in [0.25, 0.3) is 2.21 Å². The normalized spacial score (nSPS) is 15.3. The minimum atomic E-state index is -3.70. The lowest BCUT2D eigenvalue weighted by molar-refractivity contribution is 0.100. The van der Waals surface area contributed by atoms with Gasteiger partial charge in [-0.1, -0.05) is 42.3 Å². The third kappa shape index (κ3) is 3.13. The molecular formula is C10H9Cl2IO3S. The van der Waals surface area contributed by atoms with Crippen molar-refractivity contribution < 1.29 is 13.2 Å². The summed E-state index contributed by atoms with van der Waals surface area (Å²) in [6, 6.07) is 6.04. The van der Waals surface area contributed by atoms with Crippen molar-refractivity contribution in [2.45, 2.75) is 9.14 Å². The zero-order chi connectivity index (χ0) is 13.3. The number of carbonyl (C=O) groups is 1. The smallest absolute Gasteiger partial charge is 0.257 e. The maximum absolute atomic E-state index is 12.0. The number of halogens is 3. The van der Waals surface area contributed by atoms with E-state index in [1.54, 1.807) is 12.1 Å². The maximum atomic E-state index is 12.0. The lowest BCUT2D eigenvalue weighted by Crippen LogP contribution is -2.36. The number of carbonyl (C=O) groups excluding carboxylic acids is 1. The van der Waals surface area contributed by atoms with Crippen LogP contribution in [0.4, 0.5) is 0 Å². The Morgan fingerprint density at radius 2 is 2.06 bits per heavy atom. The Labute approximate surface area is 124 Å². The van der Waals surface area contributed by atoms with Crippen LogP contribution in [-0.4, -0.2) is 22.2 Å². The van der Waals surface area contributed by atoms with Crippen LogP contribution in [0, 0.1) is 0 Å². The number of sulfone groups is 1. The van der Waals surface area contributed by atoms with Crippen LogP contribution >= 0.6 is 45.8 Å². The minimum absolute atomic E-state index is 0.180. The maximum Gasteiger partial charge on any atom is 0.257 e. The molecule has 0 spiro atoms. The summed E-state index contributed by atoms with van der Waals surface area (Å²) in [4.78, 5) is 12.0. The van der Waals surface area contributed by atoms with Gasteiger partial charge in [-0.15, -0.1) is 0 Å². The molecule has 0 saturated carbocycles. The number of alkyl halides is 2. The van der Waals surface area contributed by atoms with Gasteiger partial charge in [0, 0.05) is 10.6 Å². The minimum Gasteiger partial charge on any atom is -0.290 e. The molecule has 0 aliphatic heterocycles. The molecule has 17 heavy (non-hydrogen) atoms. The highest BCUT2D eigenvalue weighted by Crippen LogP contribution is 2.35. The van der Waals surface area contributed by atoms with Gasteiger partial charge in [0.15, 0.2) is 9.84 Å². The zero-order valence-electron chi connectivity index (χ0n) is 8.78. The van der Waals surface area contributed by atoms with Gasteiger partial charge in [-0.25, -0.2) is 8.42 Å². The van der Waals surface area contributed by atoms with Gasteiger partial charge in [0.1, 0.15) is 0 Å². The Balaban J connectivity index is 3.23. The summed E-state index contributed by atoms with van der Waals surface area (Å²) in [7, 11) is -3.70. The number of ketones is 1. The Morgan fingerprint density at radius 3 is 2.53 bits per heavy atom. The van der Waals surface area contributed by atoms with E-state index in [2.05, 4.69) is 0 Å². The molecule has 1 rings (SSSR count). The van der Waals surface area contributed by atoms with Crippen LogP contribution in [0.15, 0.2) is 24.3 Å². The molecule has 0 N–H and O–H groups in total. The number of Topliss-reactive ketones (excluding diaryl/α,β-unsaturated/α-hetero) is 1. The van der Waals surface area contributed by atoms with Gasteiger partial charge < -0.3 is 0 Å². The molecule has 0 aliphatic rings. The molecule has 1 atom stereocenters. The van der Waals surface area contributed by atoms with E-state index in [0.717, 1.165) is 0 Å². The molecule has 7 heteroatoms. The average molecular weight is 407 g/mol. The number of rotatable bonds is 4. The van der Waals surface area contributed by atoms with Gasteiger partial charge >= 0.3 is 0 Å². The zero-order valence-corrected chi connectivity index (χ0v) is 13.3. The van der Waals surface area contributed by atoms with E-state index in [-0.39, 0.29) is 11.3 Å². The highest BCUT2D eigenvalue weighted by atomic mass is 127. The van der Waals surface area contributed by atoms with Crippen molar-refractivity contribution in [3.8, 4) is 0 Å². The summed E-state index contributed by atoms with van der Waals surface area (Å²) in [6.07, 6.45) is 0. The fourth-order valence-corrected chi connectivity index (χ4v) is 3.76. The fourth-order valence-electron chi connectivity index (χ4n) is 1.12. The first kappa shape index (κ1) is 15.2. The first-order valence-corrected chi connectivity index (χ1v) is 8.11. The van der Waals surface area contributed by atoms with Crippen LogP contribution in [0.3, 0.4) is 0 Å². The lowest BCUT2D eigenvalue weighted by atomic mass is 10.1. The first-order chi connectivity index (χ1) is 7.72. The molecule has 94 valence electrons. The molecule has 0 radical (unpaired) electrons. The second kappa shape index (κ2) is 5.42. The molecular weight excluding hydrogens is 398 g/mol. The molecule has 1 aromatic rings. The summed E-state index contributed by atoms with van der Waals surface area (Å²) >= 11 is 13.1. The molecule has 0 heterocycles. The Hall–Kier alpha value is 0.150. The second-order valence-electron chi connectivity index (χ2n) is 3.26. The fraction of sp³-hybridized carbons (Fsp3) is 0.300. The summed E-state index contributed by atoms with van der Waals surface area (Å²) in [5, 5.41) is 0.355. The number of benzene rings is 1. The summed E-state index contributed by atoms with van der Waals surface area (Å²) < 4.78 is 21.5. The van der Waals surface area contributed by atoms with Crippen LogP contribution in [0.2, 0.25) is 5.02 Å². The van der Waals surface area contributed by atoms with E-state index in [1.807, 2.05) is 0 Å². The van der Waals surface area contributed by atoms with Crippen LogP contribution in [0.1, 0.15) is 17.3 Å². The number of hydrogen-bond acceptors (Lipinski definition) is 3. The standard InChI is InChI=1S/C10H9Cl2IO3S/c1-2-17(15,16)10(12,13)9(14)7-4-3-5-8(11)6-7/h3-6H,2H2,1H3/t10-/m1/s1. The first-order valence-electron chi connectivity index (χ1n) is 4.63. The molecule has 0 amide bonds. The van der Waals surface area contributed by atoms with E-state index in [4.69, 9.17) is 23.2 Å². The molecule has 0 aliphatic carbocycles. The van der Waals surface area contributed by atoms with E-state index >= 15 is 0 Å². The van der Waals surface area contributed by atoms with Crippen LogP contribution < -0.4 is 0 Å². The van der Waals surface area contributed by atoms with Gasteiger partial charge in [-0.3, -0.25) is 4.79 Å². The summed E-state index contributed by atoms with van der Waals surface area (Å²) in [5.74, 6) is -0.879. The SMILES string of the molecule is CCS(=O)(=O)[C@](Cl)(I)C(=O)c1cccc(Cl)c1. The summed E-state index contributed by atoms with van der Waals surface area (Å²) in [6.45, 7) is 1.44. The van der Waals surface area contributed by atoms with Gasteiger partial charge in [-0.05, 0) is 34.7 Å². The molecule has 0 fully saturated rings. The van der Waals surface area contributed by atoms with E-state index in [9.17, 15) is 13.2 Å². The molecule has 0 saturated heterocycles. The van der Waals surface area contributed by atoms with Crippen molar-refractivity contribution in [2.24, 2.45) is 0 Å². The summed E-state index contributed by atoms with van der Waals surface area (Å²) in [5.41, 5.74) is 0.180. The van der Waals surface area contributed by atoms with Crippen molar-refractivity contribution in [3.63, 3.8) is 0 Å². The predicted octanol–water partition coefficient (Wildman–Crippen LogP) is 3.29. The third-order valence-electron chi connectivity index (χ3n) is 2.12. The van der Waals surface area contributed by atoms with Crippen molar-refractivity contribution in [1.29, 1.82) is 0 Å². The molecule has 0 bridgehead atoms. The van der Waals surface area contributed by atoms with Crippen LogP contribution in [0.25, 0.3) is 0 Å². The Morgan fingerprint density at radius 1 is 1.47 bits per heavy atom. The van der Waals surface area contributed by atoms with Crippen LogP contribution in [0.5, 0.6) is 0 Å². The molecule has 1 aromatic carbocycles. The molecule has 3 nitrogen and oxygen atoms in total. The predicted molar refractivity (Wildman–Crippen MR) is 77.8 cm³/mol. The van der Waals surface area contributed by atoms with Crippen molar-refractivity contribution in [2.75, 3.05) is 5.75 Å².